The van der Waals surface area contributed by atoms with Crippen molar-refractivity contribution in [1.82, 2.24) is 9.78 Å². The maximum atomic E-state index is 14.0. The number of aromatic nitrogens is 2. The maximum absolute atomic E-state index is 14.0. The molecule has 0 radical (unpaired) electrons. The fraction of sp³-hybridized carbons (Fsp3) is 0.375. The van der Waals surface area contributed by atoms with E-state index in [9.17, 15) is 22.9 Å². The minimum absolute atomic E-state index is 0.0375. The molecule has 0 fully saturated rings. The Kier molecular flexibility index (Phi) is 7.59. The van der Waals surface area contributed by atoms with Crippen molar-refractivity contribution in [2.75, 3.05) is 22.9 Å². The Hall–Kier alpha value is -2.99. The lowest BCUT2D eigenvalue weighted by Gasteiger charge is -2.26. The first-order valence-electron chi connectivity index (χ1n) is 11.8. The van der Waals surface area contributed by atoms with Crippen LogP contribution in [0.15, 0.2) is 45.3 Å². The number of thiophene rings is 1. The van der Waals surface area contributed by atoms with E-state index in [0.29, 0.717) is 23.5 Å². The lowest BCUT2D eigenvalue weighted by molar-refractivity contribution is 0.335. The SMILES string of the molecule is CCO[P@]1(=O)N=C(c2c(O)c(-c3cccs3)nn(CCC(C)(C)C)c2=O)Nc2ccc(NS(C)(=O)=O)cc21. The molecule has 0 bridgehead atoms. The van der Waals surface area contributed by atoms with Crippen LogP contribution in [-0.4, -0.2) is 42.0 Å². The van der Waals surface area contributed by atoms with Gasteiger partial charge in [0.2, 0.25) is 10.0 Å². The second-order valence-electron chi connectivity index (χ2n) is 10.0. The molecule has 2 aromatic heterocycles. The van der Waals surface area contributed by atoms with Crippen LogP contribution >= 0.6 is 18.9 Å². The van der Waals surface area contributed by atoms with Gasteiger partial charge in [-0.3, -0.25) is 14.1 Å². The van der Waals surface area contributed by atoms with E-state index < -0.39 is 28.9 Å². The molecular weight excluding hydrogens is 549 g/mol. The molecule has 38 heavy (non-hydrogen) atoms. The smallest absolute Gasteiger partial charge is 0.348 e. The summed E-state index contributed by atoms with van der Waals surface area (Å²) < 4.78 is 51.0. The van der Waals surface area contributed by atoms with Gasteiger partial charge in [-0.15, -0.1) is 11.3 Å². The third-order valence-corrected chi connectivity index (χ3v) is 9.12. The molecule has 1 aliphatic heterocycles. The Morgan fingerprint density at radius 3 is 2.61 bits per heavy atom. The second-order valence-corrected chi connectivity index (χ2v) is 14.7. The summed E-state index contributed by atoms with van der Waals surface area (Å²) in [6, 6.07) is 7.97. The van der Waals surface area contributed by atoms with Crippen LogP contribution in [0.25, 0.3) is 10.6 Å². The summed E-state index contributed by atoms with van der Waals surface area (Å²) in [5, 5.41) is 20.7. The summed E-state index contributed by atoms with van der Waals surface area (Å²) in [6.45, 7) is 8.13. The predicted molar refractivity (Wildman–Crippen MR) is 151 cm³/mol. The number of nitrogens with one attached hydrogen (secondary N) is 2. The van der Waals surface area contributed by atoms with E-state index in [1.807, 2.05) is 11.4 Å². The molecular formula is C24H30N5O6PS2. The van der Waals surface area contributed by atoms with Crippen LogP contribution in [0.1, 0.15) is 39.7 Å². The maximum Gasteiger partial charge on any atom is 0.348 e. The summed E-state index contributed by atoms with van der Waals surface area (Å²) in [5.74, 6) is -0.511. The number of anilines is 2. The number of hydrogen-bond acceptors (Lipinski definition) is 9. The molecule has 3 heterocycles. The average molecular weight is 580 g/mol. The predicted octanol–water partition coefficient (Wildman–Crippen LogP) is 4.21. The number of amidine groups is 1. The molecule has 14 heteroatoms. The first-order chi connectivity index (χ1) is 17.7. The molecule has 3 N–H and O–H groups in total. The highest BCUT2D eigenvalue weighted by Crippen LogP contribution is 2.52. The molecule has 1 atom stereocenters. The van der Waals surface area contributed by atoms with Gasteiger partial charge in [0.25, 0.3) is 5.56 Å². The fourth-order valence-electron chi connectivity index (χ4n) is 3.82. The van der Waals surface area contributed by atoms with Crippen LogP contribution in [0, 0.1) is 5.41 Å². The number of hydrogen-bond donors (Lipinski definition) is 3. The summed E-state index contributed by atoms with van der Waals surface area (Å²) >= 11 is 1.35. The molecule has 0 aliphatic carbocycles. The number of benzene rings is 1. The highest BCUT2D eigenvalue weighted by atomic mass is 32.2. The lowest BCUT2D eigenvalue weighted by atomic mass is 9.92. The molecule has 3 aromatic rings. The molecule has 0 saturated carbocycles. The van der Waals surface area contributed by atoms with Crippen LogP contribution in [0.3, 0.4) is 0 Å². The van der Waals surface area contributed by atoms with Gasteiger partial charge in [-0.25, -0.2) is 13.1 Å². The zero-order valence-corrected chi connectivity index (χ0v) is 24.2. The van der Waals surface area contributed by atoms with Crippen molar-refractivity contribution in [3.8, 4) is 16.3 Å². The van der Waals surface area contributed by atoms with Crippen LogP contribution in [0.2, 0.25) is 0 Å². The van der Waals surface area contributed by atoms with Gasteiger partial charge in [-0.2, -0.15) is 9.86 Å². The van der Waals surface area contributed by atoms with Gasteiger partial charge >= 0.3 is 7.52 Å². The van der Waals surface area contributed by atoms with Gasteiger partial charge in [-0.05, 0) is 48.4 Å². The van der Waals surface area contributed by atoms with E-state index in [2.05, 4.69) is 40.7 Å². The normalized spacial score (nSPS) is 17.4. The number of rotatable bonds is 8. The number of aromatic hydroxyl groups is 1. The number of aryl methyl sites for hydroxylation is 1. The molecule has 0 amide bonds. The highest BCUT2D eigenvalue weighted by Gasteiger charge is 2.36. The monoisotopic (exact) mass is 579 g/mol. The van der Waals surface area contributed by atoms with E-state index >= 15 is 0 Å². The van der Waals surface area contributed by atoms with Gasteiger partial charge in [0.1, 0.15) is 11.3 Å². The van der Waals surface area contributed by atoms with Crippen molar-refractivity contribution in [3.05, 3.63) is 51.6 Å². The van der Waals surface area contributed by atoms with Crippen molar-refractivity contribution >= 4 is 51.4 Å². The van der Waals surface area contributed by atoms with E-state index in [1.165, 1.54) is 34.2 Å². The minimum Gasteiger partial charge on any atom is -0.505 e. The largest absolute Gasteiger partial charge is 0.505 e. The second kappa shape index (κ2) is 10.3. The van der Waals surface area contributed by atoms with E-state index in [1.54, 1.807) is 13.0 Å². The van der Waals surface area contributed by atoms with Gasteiger partial charge in [0.15, 0.2) is 11.6 Å². The topological polar surface area (TPSA) is 152 Å². The van der Waals surface area contributed by atoms with E-state index in [0.717, 1.165) is 6.26 Å². The van der Waals surface area contributed by atoms with Crippen molar-refractivity contribution in [3.63, 3.8) is 0 Å². The summed E-state index contributed by atoms with van der Waals surface area (Å²) in [6.07, 6.45) is 1.65. The van der Waals surface area contributed by atoms with Gasteiger partial charge in [0, 0.05) is 12.2 Å². The summed E-state index contributed by atoms with van der Waals surface area (Å²) in [4.78, 5) is 14.3. The Morgan fingerprint density at radius 2 is 2.00 bits per heavy atom. The molecule has 0 spiro atoms. The molecule has 0 unspecified atom stereocenters. The van der Waals surface area contributed by atoms with Gasteiger partial charge < -0.3 is 14.9 Å². The molecule has 204 valence electrons. The van der Waals surface area contributed by atoms with Crippen molar-refractivity contribution in [2.24, 2.45) is 10.2 Å². The number of sulfonamides is 1. The summed E-state index contributed by atoms with van der Waals surface area (Å²) in [7, 11) is -7.56. The highest BCUT2D eigenvalue weighted by molar-refractivity contribution is 7.92. The van der Waals surface area contributed by atoms with Crippen LogP contribution in [0.4, 0.5) is 11.4 Å². The number of nitrogens with zero attached hydrogens (tertiary/aromatic N) is 3. The Morgan fingerprint density at radius 1 is 1.26 bits per heavy atom. The average Bonchev–Trinajstić information content (AvgIpc) is 3.32. The van der Waals surface area contributed by atoms with Crippen molar-refractivity contribution in [2.45, 2.75) is 40.7 Å². The number of fused-ring (bicyclic) bond motifs is 1. The van der Waals surface area contributed by atoms with Crippen LogP contribution in [-0.2, 0) is 25.7 Å². The Balaban J connectivity index is 1.90. The van der Waals surface area contributed by atoms with Gasteiger partial charge in [0.05, 0.1) is 28.7 Å². The third kappa shape index (κ3) is 6.01. The minimum atomic E-state index is -3.98. The summed E-state index contributed by atoms with van der Waals surface area (Å²) in [5.41, 5.74) is -0.160. The van der Waals surface area contributed by atoms with E-state index in [-0.39, 0.29) is 40.1 Å². The molecule has 4 rings (SSSR count). The van der Waals surface area contributed by atoms with Crippen LogP contribution < -0.4 is 20.9 Å². The molecule has 1 aromatic carbocycles. The lowest BCUT2D eigenvalue weighted by Crippen LogP contribution is -2.35. The quantitative estimate of drug-likeness (QED) is 0.336. The van der Waals surface area contributed by atoms with Crippen molar-refractivity contribution < 1.29 is 22.6 Å². The Bertz CT molecular complexity index is 1610. The zero-order valence-electron chi connectivity index (χ0n) is 21.7. The molecule has 11 nitrogen and oxygen atoms in total. The molecule has 0 saturated heterocycles. The third-order valence-electron chi connectivity index (χ3n) is 5.59. The zero-order chi connectivity index (χ0) is 27.9. The fourth-order valence-corrected chi connectivity index (χ4v) is 6.89. The van der Waals surface area contributed by atoms with Gasteiger partial charge in [-0.1, -0.05) is 26.8 Å². The van der Waals surface area contributed by atoms with Crippen molar-refractivity contribution in [1.29, 1.82) is 0 Å². The first-order valence-corrected chi connectivity index (χ1v) is 16.2. The molecule has 1 aliphatic rings. The van der Waals surface area contributed by atoms with Crippen LogP contribution in [0.5, 0.6) is 5.75 Å². The Labute approximate surface area is 225 Å². The first kappa shape index (κ1) is 28.0. The standard InChI is InChI=1S/C24H30N5O6PS2/c1-6-35-36(32)17-14-15(28-38(5,33)34)9-10-16(17)25-22(27-36)19-21(30)20(18-8-7-13-37-18)26-29(23(19)31)12-11-24(2,3)4/h7-10,13-14,28,30H,6,11-12H2,1-5H3,(H,25,27,32)/t36-/m0/s1. The van der Waals surface area contributed by atoms with E-state index in [4.69, 9.17) is 4.52 Å².